The van der Waals surface area contributed by atoms with Crippen LogP contribution in [0.3, 0.4) is 0 Å². The average molecular weight is 433 g/mol. The molecule has 26 heavy (non-hydrogen) atoms. The molecule has 1 aliphatic rings. The van der Waals surface area contributed by atoms with E-state index in [4.69, 9.17) is 15.2 Å². The number of fused-ring (bicyclic) bond motifs is 1. The molecule has 0 radical (unpaired) electrons. The van der Waals surface area contributed by atoms with Crippen molar-refractivity contribution in [1.82, 2.24) is 4.98 Å². The van der Waals surface area contributed by atoms with Gasteiger partial charge in [-0.25, -0.2) is 4.98 Å². The fourth-order valence-corrected chi connectivity index (χ4v) is 3.56. The quantitative estimate of drug-likeness (QED) is 0.733. The Balaban J connectivity index is 2.18. The van der Waals surface area contributed by atoms with E-state index in [-0.39, 0.29) is 40.8 Å². The topological polar surface area (TPSA) is 57.4 Å². The molecule has 1 aliphatic carbocycles. The molecule has 1 aromatic carbocycles. The smallest absolute Gasteiger partial charge is 0.417 e. The molecule has 142 valence electrons. The summed E-state index contributed by atoms with van der Waals surface area (Å²) in [6.45, 7) is 3.47. The highest BCUT2D eigenvalue weighted by atomic mass is 79.9. The van der Waals surface area contributed by atoms with Crippen LogP contribution in [-0.4, -0.2) is 23.2 Å². The van der Waals surface area contributed by atoms with E-state index in [0.717, 1.165) is 18.9 Å². The summed E-state index contributed by atoms with van der Waals surface area (Å²) in [6.07, 6.45) is -2.78. The van der Waals surface area contributed by atoms with E-state index >= 15 is 0 Å². The summed E-state index contributed by atoms with van der Waals surface area (Å²) in [5.41, 5.74) is 5.36. The summed E-state index contributed by atoms with van der Waals surface area (Å²) in [6, 6.07) is 3.88. The van der Waals surface area contributed by atoms with Gasteiger partial charge in [-0.15, -0.1) is 0 Å². The van der Waals surface area contributed by atoms with E-state index in [1.807, 2.05) is 0 Å². The van der Waals surface area contributed by atoms with E-state index in [1.165, 1.54) is 6.07 Å². The maximum absolute atomic E-state index is 13.8. The number of alkyl halides is 3. The lowest BCUT2D eigenvalue weighted by molar-refractivity contribution is -0.136. The molecule has 0 saturated heterocycles. The van der Waals surface area contributed by atoms with E-state index in [0.29, 0.717) is 10.9 Å². The van der Waals surface area contributed by atoms with E-state index < -0.39 is 11.7 Å². The molecule has 2 atom stereocenters. The minimum Gasteiger partial charge on any atom is -0.487 e. The van der Waals surface area contributed by atoms with Crippen molar-refractivity contribution in [3.05, 3.63) is 28.2 Å². The molecule has 1 saturated carbocycles. The Hall–Kier alpha value is -1.54. The van der Waals surface area contributed by atoms with Crippen molar-refractivity contribution >= 4 is 26.8 Å². The first-order valence-electron chi connectivity index (χ1n) is 8.46. The zero-order valence-corrected chi connectivity index (χ0v) is 16.0. The highest BCUT2D eigenvalue weighted by Gasteiger charge is 2.36. The predicted octanol–water partition coefficient (Wildman–Crippen LogP) is 5.06. The minimum atomic E-state index is -4.58. The van der Waals surface area contributed by atoms with Crippen molar-refractivity contribution < 1.29 is 22.6 Å². The van der Waals surface area contributed by atoms with Crippen LogP contribution in [-0.2, 0) is 6.18 Å². The number of rotatable bonds is 4. The summed E-state index contributed by atoms with van der Waals surface area (Å²) >= 11 is 3.31. The van der Waals surface area contributed by atoms with Gasteiger partial charge >= 0.3 is 6.18 Å². The van der Waals surface area contributed by atoms with Gasteiger partial charge in [0.05, 0.1) is 27.0 Å². The molecule has 0 spiro atoms. The molecule has 1 heterocycles. The van der Waals surface area contributed by atoms with Crippen LogP contribution in [0.15, 0.2) is 22.7 Å². The second-order valence-electron chi connectivity index (χ2n) is 6.69. The fourth-order valence-electron chi connectivity index (χ4n) is 3.14. The number of hydrogen-bond donors (Lipinski definition) is 1. The van der Waals surface area contributed by atoms with Gasteiger partial charge in [0, 0.05) is 12.1 Å². The fraction of sp³-hybridized carbons (Fsp3) is 0.500. The summed E-state index contributed by atoms with van der Waals surface area (Å²) in [5, 5.41) is -0.0814. The maximum Gasteiger partial charge on any atom is 0.417 e. The molecule has 1 fully saturated rings. The van der Waals surface area contributed by atoms with Crippen LogP contribution in [0.4, 0.5) is 13.2 Å². The number of ether oxygens (including phenoxy) is 2. The normalized spacial score (nSPS) is 20.8. The van der Waals surface area contributed by atoms with Gasteiger partial charge in [-0.2, -0.15) is 13.2 Å². The van der Waals surface area contributed by atoms with Crippen LogP contribution in [0.5, 0.6) is 11.6 Å². The lowest BCUT2D eigenvalue weighted by Gasteiger charge is -2.22. The molecule has 2 N–H and O–H groups in total. The molecule has 4 nitrogen and oxygen atoms in total. The van der Waals surface area contributed by atoms with E-state index in [2.05, 4.69) is 20.9 Å². The Morgan fingerprint density at radius 3 is 2.58 bits per heavy atom. The number of halogens is 4. The molecule has 0 bridgehead atoms. The number of nitrogens with zero attached hydrogens (tertiary/aromatic N) is 1. The Morgan fingerprint density at radius 2 is 2.00 bits per heavy atom. The van der Waals surface area contributed by atoms with Gasteiger partial charge in [-0.3, -0.25) is 0 Å². The van der Waals surface area contributed by atoms with Gasteiger partial charge in [0.1, 0.15) is 11.9 Å². The standard InChI is InChI=1S/C18H20BrF3N2O2/c1-9(2)25-15-8-10(18(20,21)22)16-13(24-15)7-6-11(19)17(16)26-14-5-3-4-12(14)23/h6-9,12,14H,3-5,23H2,1-2H3/t12-,14-/m1/s1. The van der Waals surface area contributed by atoms with Crippen molar-refractivity contribution in [2.45, 2.75) is 57.5 Å². The first-order chi connectivity index (χ1) is 12.2. The Morgan fingerprint density at radius 1 is 1.27 bits per heavy atom. The minimum absolute atomic E-state index is 0.0642. The SMILES string of the molecule is CC(C)Oc1cc(C(F)(F)F)c2c(O[C@@H]3CCC[C@H]3N)c(Br)ccc2n1. The summed E-state index contributed by atoms with van der Waals surface area (Å²) < 4.78 is 53.0. The molecule has 1 aromatic heterocycles. The van der Waals surface area contributed by atoms with Gasteiger partial charge in [0.2, 0.25) is 5.88 Å². The Bertz CT molecular complexity index is 811. The average Bonchev–Trinajstić information content (AvgIpc) is 2.93. The number of pyridine rings is 1. The van der Waals surface area contributed by atoms with Crippen LogP contribution in [0.2, 0.25) is 0 Å². The molecule has 2 aromatic rings. The highest BCUT2D eigenvalue weighted by Crippen LogP contribution is 2.44. The summed E-state index contributed by atoms with van der Waals surface area (Å²) in [7, 11) is 0. The number of benzene rings is 1. The van der Waals surface area contributed by atoms with E-state index in [1.54, 1.807) is 19.9 Å². The number of nitrogens with two attached hydrogens (primary N) is 1. The second kappa shape index (κ2) is 7.23. The molecule has 8 heteroatoms. The zero-order chi connectivity index (χ0) is 19.1. The summed E-state index contributed by atoms with van der Waals surface area (Å²) in [4.78, 5) is 4.23. The van der Waals surface area contributed by atoms with Gasteiger partial charge in [-0.05, 0) is 61.2 Å². The highest BCUT2D eigenvalue weighted by molar-refractivity contribution is 9.10. The zero-order valence-electron chi connectivity index (χ0n) is 14.4. The van der Waals surface area contributed by atoms with Crippen LogP contribution in [0.25, 0.3) is 10.9 Å². The summed E-state index contributed by atoms with van der Waals surface area (Å²) in [5.74, 6) is 0.0615. The van der Waals surface area contributed by atoms with Crippen molar-refractivity contribution in [3.63, 3.8) is 0 Å². The van der Waals surface area contributed by atoms with Crippen LogP contribution in [0.1, 0.15) is 38.7 Å². The van der Waals surface area contributed by atoms with Gasteiger partial charge in [0.25, 0.3) is 0 Å². The molecular formula is C18H20BrF3N2O2. The molecule has 3 rings (SSSR count). The van der Waals surface area contributed by atoms with Crippen molar-refractivity contribution in [2.75, 3.05) is 0 Å². The lowest BCUT2D eigenvalue weighted by Crippen LogP contribution is -2.33. The van der Waals surface area contributed by atoms with Crippen molar-refractivity contribution in [1.29, 1.82) is 0 Å². The lowest BCUT2D eigenvalue weighted by atomic mass is 10.1. The molecule has 0 aliphatic heterocycles. The third-order valence-electron chi connectivity index (χ3n) is 4.29. The maximum atomic E-state index is 13.8. The Kier molecular flexibility index (Phi) is 5.35. The largest absolute Gasteiger partial charge is 0.487 e. The van der Waals surface area contributed by atoms with Crippen LogP contribution >= 0.6 is 15.9 Å². The third-order valence-corrected chi connectivity index (χ3v) is 4.91. The predicted molar refractivity (Wildman–Crippen MR) is 96.5 cm³/mol. The van der Waals surface area contributed by atoms with Crippen LogP contribution < -0.4 is 15.2 Å². The molecule has 0 unspecified atom stereocenters. The first-order valence-corrected chi connectivity index (χ1v) is 9.25. The Labute approximate surface area is 158 Å². The van der Waals surface area contributed by atoms with Crippen molar-refractivity contribution in [2.24, 2.45) is 5.73 Å². The van der Waals surface area contributed by atoms with Gasteiger partial charge in [0.15, 0.2) is 0 Å². The number of aromatic nitrogens is 1. The number of hydrogen-bond acceptors (Lipinski definition) is 4. The molecule has 0 amide bonds. The van der Waals surface area contributed by atoms with Gasteiger partial charge in [-0.1, -0.05) is 0 Å². The van der Waals surface area contributed by atoms with Crippen LogP contribution in [0, 0.1) is 0 Å². The second-order valence-corrected chi connectivity index (χ2v) is 7.55. The monoisotopic (exact) mass is 432 g/mol. The first kappa shape index (κ1) is 19.2. The molecular weight excluding hydrogens is 413 g/mol. The van der Waals surface area contributed by atoms with E-state index in [9.17, 15) is 13.2 Å². The van der Waals surface area contributed by atoms with Crippen molar-refractivity contribution in [3.8, 4) is 11.6 Å². The third kappa shape index (κ3) is 3.91. The van der Waals surface area contributed by atoms with Gasteiger partial charge < -0.3 is 15.2 Å².